The first-order valence-electron chi connectivity index (χ1n) is 6.13. The van der Waals surface area contributed by atoms with Gasteiger partial charge >= 0.3 is 0 Å². The second kappa shape index (κ2) is 5.32. The fraction of sp³-hybridized carbons (Fsp3) is 0.833. The highest BCUT2D eigenvalue weighted by atomic mass is 16.2. The fourth-order valence-electron chi connectivity index (χ4n) is 2.17. The lowest BCUT2D eigenvalue weighted by Gasteiger charge is -2.39. The van der Waals surface area contributed by atoms with E-state index in [1.807, 2.05) is 27.7 Å². The van der Waals surface area contributed by atoms with E-state index in [-0.39, 0.29) is 29.8 Å². The molecule has 0 aromatic heterocycles. The summed E-state index contributed by atoms with van der Waals surface area (Å²) < 4.78 is 0. The van der Waals surface area contributed by atoms with Crippen molar-refractivity contribution in [1.29, 1.82) is 0 Å². The Labute approximate surface area is 97.4 Å². The Bertz CT molecular complexity index is 276. The summed E-state index contributed by atoms with van der Waals surface area (Å²) in [7, 11) is 0. The molecule has 4 nitrogen and oxygen atoms in total. The molecule has 92 valence electrons. The molecule has 1 fully saturated rings. The van der Waals surface area contributed by atoms with Gasteiger partial charge in [-0.25, -0.2) is 0 Å². The Morgan fingerprint density at radius 3 is 2.38 bits per heavy atom. The van der Waals surface area contributed by atoms with Crippen LogP contribution in [0.4, 0.5) is 0 Å². The van der Waals surface area contributed by atoms with Crippen LogP contribution in [-0.4, -0.2) is 35.3 Å². The molecule has 0 aliphatic carbocycles. The Kier molecular flexibility index (Phi) is 4.33. The van der Waals surface area contributed by atoms with E-state index < -0.39 is 0 Å². The van der Waals surface area contributed by atoms with Gasteiger partial charge in [0, 0.05) is 6.54 Å². The van der Waals surface area contributed by atoms with Gasteiger partial charge in [0.25, 0.3) is 0 Å². The summed E-state index contributed by atoms with van der Waals surface area (Å²) in [6, 6.07) is -0.613. The van der Waals surface area contributed by atoms with Gasteiger partial charge < -0.3 is 10.2 Å². The van der Waals surface area contributed by atoms with Crippen LogP contribution < -0.4 is 5.32 Å². The molecule has 0 aromatic rings. The van der Waals surface area contributed by atoms with Crippen LogP contribution in [0.25, 0.3) is 0 Å². The molecule has 0 radical (unpaired) electrons. The monoisotopic (exact) mass is 226 g/mol. The molecule has 1 heterocycles. The van der Waals surface area contributed by atoms with Gasteiger partial charge in [-0.1, -0.05) is 27.2 Å². The van der Waals surface area contributed by atoms with Crippen molar-refractivity contribution < 1.29 is 9.59 Å². The van der Waals surface area contributed by atoms with Crippen LogP contribution in [0, 0.1) is 5.92 Å². The Morgan fingerprint density at radius 1 is 1.31 bits per heavy atom. The van der Waals surface area contributed by atoms with Gasteiger partial charge in [-0.15, -0.1) is 0 Å². The topological polar surface area (TPSA) is 49.4 Å². The standard InChI is InChI=1S/C12H22N2O2/c1-5-7-9-11(15)13-10(8(3)4)12(16)14(9)6-2/h8-10H,5-7H2,1-4H3,(H,13,15). The van der Waals surface area contributed by atoms with Gasteiger partial charge in [-0.05, 0) is 19.3 Å². The molecule has 0 saturated carbocycles. The second-order valence-electron chi connectivity index (χ2n) is 4.66. The number of piperazine rings is 1. The summed E-state index contributed by atoms with van der Waals surface area (Å²) in [5, 5.41) is 2.83. The van der Waals surface area contributed by atoms with Gasteiger partial charge in [-0.3, -0.25) is 9.59 Å². The number of amides is 2. The molecule has 0 spiro atoms. The van der Waals surface area contributed by atoms with Crippen molar-refractivity contribution in [2.75, 3.05) is 6.54 Å². The first-order chi connectivity index (χ1) is 7.52. The maximum Gasteiger partial charge on any atom is 0.246 e. The highest BCUT2D eigenvalue weighted by molar-refractivity contribution is 5.97. The first-order valence-corrected chi connectivity index (χ1v) is 6.13. The van der Waals surface area contributed by atoms with Crippen LogP contribution >= 0.6 is 0 Å². The van der Waals surface area contributed by atoms with Gasteiger partial charge in [0.05, 0.1) is 0 Å². The predicted molar refractivity (Wildman–Crippen MR) is 62.9 cm³/mol. The second-order valence-corrected chi connectivity index (χ2v) is 4.66. The molecule has 0 bridgehead atoms. The molecule has 16 heavy (non-hydrogen) atoms. The molecule has 1 aliphatic heterocycles. The van der Waals surface area contributed by atoms with Crippen LogP contribution in [-0.2, 0) is 9.59 Å². The summed E-state index contributed by atoms with van der Waals surface area (Å²) in [6.45, 7) is 8.48. The fourth-order valence-corrected chi connectivity index (χ4v) is 2.17. The average Bonchev–Trinajstić information content (AvgIpc) is 2.23. The Hall–Kier alpha value is -1.06. The van der Waals surface area contributed by atoms with Crippen molar-refractivity contribution in [2.24, 2.45) is 5.92 Å². The molecule has 1 aliphatic rings. The average molecular weight is 226 g/mol. The third-order valence-corrected chi connectivity index (χ3v) is 3.10. The zero-order chi connectivity index (χ0) is 12.3. The highest BCUT2D eigenvalue weighted by Gasteiger charge is 2.40. The lowest BCUT2D eigenvalue weighted by Crippen LogP contribution is -2.64. The minimum absolute atomic E-state index is 0.00185. The molecule has 1 rings (SSSR count). The van der Waals surface area contributed by atoms with Crippen molar-refractivity contribution in [3.8, 4) is 0 Å². The van der Waals surface area contributed by atoms with E-state index in [1.54, 1.807) is 4.90 Å². The molecule has 4 heteroatoms. The van der Waals surface area contributed by atoms with Crippen molar-refractivity contribution >= 4 is 11.8 Å². The van der Waals surface area contributed by atoms with Crippen LogP contribution in [0.2, 0.25) is 0 Å². The number of nitrogens with one attached hydrogen (secondary N) is 1. The maximum atomic E-state index is 12.1. The van der Waals surface area contributed by atoms with E-state index in [0.29, 0.717) is 6.54 Å². The number of hydrogen-bond donors (Lipinski definition) is 1. The summed E-state index contributed by atoms with van der Waals surface area (Å²) in [6.07, 6.45) is 1.66. The van der Waals surface area contributed by atoms with E-state index >= 15 is 0 Å². The number of carbonyl (C=O) groups is 2. The zero-order valence-electron chi connectivity index (χ0n) is 10.6. The Morgan fingerprint density at radius 2 is 1.94 bits per heavy atom. The number of likely N-dealkylation sites (N-methyl/N-ethyl adjacent to an activating group) is 1. The van der Waals surface area contributed by atoms with Gasteiger partial charge in [0.2, 0.25) is 11.8 Å². The van der Waals surface area contributed by atoms with E-state index in [2.05, 4.69) is 5.32 Å². The molecule has 0 aromatic carbocycles. The van der Waals surface area contributed by atoms with Crippen molar-refractivity contribution in [2.45, 2.75) is 52.6 Å². The van der Waals surface area contributed by atoms with Crippen LogP contribution in [0.5, 0.6) is 0 Å². The summed E-state index contributed by atoms with van der Waals surface area (Å²) in [5.74, 6) is 0.214. The van der Waals surface area contributed by atoms with Crippen LogP contribution in [0.3, 0.4) is 0 Å². The Balaban J connectivity index is 2.87. The minimum atomic E-state index is -0.347. The molecular formula is C12H22N2O2. The largest absolute Gasteiger partial charge is 0.342 e. The van der Waals surface area contributed by atoms with Crippen LogP contribution in [0.15, 0.2) is 0 Å². The molecule has 1 N–H and O–H groups in total. The summed E-state index contributed by atoms with van der Waals surface area (Å²) >= 11 is 0. The van der Waals surface area contributed by atoms with Gasteiger partial charge in [-0.2, -0.15) is 0 Å². The van der Waals surface area contributed by atoms with Crippen molar-refractivity contribution in [3.05, 3.63) is 0 Å². The van der Waals surface area contributed by atoms with E-state index in [0.717, 1.165) is 12.8 Å². The molecule has 2 atom stereocenters. The van der Waals surface area contributed by atoms with Gasteiger partial charge in [0.1, 0.15) is 12.1 Å². The minimum Gasteiger partial charge on any atom is -0.342 e. The SMILES string of the molecule is CCCC1C(=O)NC(C(C)C)C(=O)N1CC. The third-order valence-electron chi connectivity index (χ3n) is 3.10. The lowest BCUT2D eigenvalue weighted by atomic mass is 9.96. The number of carbonyl (C=O) groups excluding carboxylic acids is 2. The van der Waals surface area contributed by atoms with Crippen molar-refractivity contribution in [3.63, 3.8) is 0 Å². The highest BCUT2D eigenvalue weighted by Crippen LogP contribution is 2.18. The molecule has 2 amide bonds. The van der Waals surface area contributed by atoms with Gasteiger partial charge in [0.15, 0.2) is 0 Å². The third kappa shape index (κ3) is 2.36. The van der Waals surface area contributed by atoms with Crippen LogP contribution in [0.1, 0.15) is 40.5 Å². The number of rotatable bonds is 4. The smallest absolute Gasteiger partial charge is 0.246 e. The van der Waals surface area contributed by atoms with E-state index in [9.17, 15) is 9.59 Å². The molecule has 1 saturated heterocycles. The van der Waals surface area contributed by atoms with E-state index in [1.165, 1.54) is 0 Å². The van der Waals surface area contributed by atoms with Crippen molar-refractivity contribution in [1.82, 2.24) is 10.2 Å². The summed E-state index contributed by atoms with van der Waals surface area (Å²) in [4.78, 5) is 25.8. The quantitative estimate of drug-likeness (QED) is 0.782. The number of hydrogen-bond acceptors (Lipinski definition) is 2. The molecular weight excluding hydrogens is 204 g/mol. The van der Waals surface area contributed by atoms with E-state index in [4.69, 9.17) is 0 Å². The number of nitrogens with zero attached hydrogens (tertiary/aromatic N) is 1. The first kappa shape index (κ1) is 13.0. The summed E-state index contributed by atoms with van der Waals surface area (Å²) in [5.41, 5.74) is 0. The zero-order valence-corrected chi connectivity index (χ0v) is 10.6. The normalized spacial score (nSPS) is 26.2. The lowest BCUT2D eigenvalue weighted by molar-refractivity contribution is -0.150. The predicted octanol–water partition coefficient (Wildman–Crippen LogP) is 1.16. The maximum absolute atomic E-state index is 12.1. The molecule has 2 unspecified atom stereocenters.